The monoisotopic (exact) mass is 213 g/mol. The normalized spacial score (nSPS) is 13.2. The van der Waals surface area contributed by atoms with Crippen molar-refractivity contribution in [3.05, 3.63) is 34.9 Å². The second-order valence-corrected chi connectivity index (χ2v) is 4.04. The summed E-state index contributed by atoms with van der Waals surface area (Å²) in [7, 11) is 1.97. The van der Waals surface area contributed by atoms with Crippen molar-refractivity contribution in [1.82, 2.24) is 4.90 Å². The maximum absolute atomic E-state index is 9.20. The van der Waals surface area contributed by atoms with Crippen molar-refractivity contribution in [3.63, 3.8) is 0 Å². The molecule has 0 aliphatic carbocycles. The minimum absolute atomic E-state index is 0.303. The molecule has 0 bridgehead atoms. The molecule has 78 valence electrons. The largest absolute Gasteiger partial charge is 0.392 e. The Bertz CT molecular complexity index is 288. The summed E-state index contributed by atoms with van der Waals surface area (Å²) in [6, 6.07) is 7.77. The predicted molar refractivity (Wildman–Crippen MR) is 59.5 cm³/mol. The summed E-state index contributed by atoms with van der Waals surface area (Å²) in [6.45, 7) is 3.21. The minimum atomic E-state index is -0.303. The number of benzene rings is 1. The van der Waals surface area contributed by atoms with Gasteiger partial charge in [-0.1, -0.05) is 29.8 Å². The summed E-state index contributed by atoms with van der Waals surface area (Å²) in [5.41, 5.74) is 1.09. The molecule has 1 N–H and O–H groups in total. The zero-order valence-electron chi connectivity index (χ0n) is 8.57. The topological polar surface area (TPSA) is 23.5 Å². The molecule has 0 saturated carbocycles. The molecular weight excluding hydrogens is 198 g/mol. The van der Waals surface area contributed by atoms with E-state index < -0.39 is 0 Å². The number of hydrogen-bond acceptors (Lipinski definition) is 2. The van der Waals surface area contributed by atoms with E-state index in [4.69, 9.17) is 11.6 Å². The first kappa shape index (κ1) is 11.5. The highest BCUT2D eigenvalue weighted by atomic mass is 35.5. The van der Waals surface area contributed by atoms with Gasteiger partial charge in [-0.15, -0.1) is 0 Å². The zero-order chi connectivity index (χ0) is 10.6. The van der Waals surface area contributed by atoms with Gasteiger partial charge in [0.1, 0.15) is 0 Å². The standard InChI is InChI=1S/C11H16ClNO/c1-9(14)7-13(2)8-10-5-3-4-6-11(10)12/h3-6,9,14H,7-8H2,1-2H3. The molecular formula is C11H16ClNO. The van der Waals surface area contributed by atoms with E-state index in [1.54, 1.807) is 6.92 Å². The van der Waals surface area contributed by atoms with Crippen LogP contribution < -0.4 is 0 Å². The van der Waals surface area contributed by atoms with E-state index in [1.807, 2.05) is 36.2 Å². The smallest absolute Gasteiger partial charge is 0.0639 e. The highest BCUT2D eigenvalue weighted by molar-refractivity contribution is 6.31. The van der Waals surface area contributed by atoms with Crippen LogP contribution in [0.1, 0.15) is 12.5 Å². The molecule has 3 heteroatoms. The summed E-state index contributed by atoms with van der Waals surface area (Å²) in [4.78, 5) is 2.05. The Morgan fingerprint density at radius 2 is 2.07 bits per heavy atom. The van der Waals surface area contributed by atoms with Gasteiger partial charge in [-0.2, -0.15) is 0 Å². The number of likely N-dealkylation sites (N-methyl/N-ethyl adjacent to an activating group) is 1. The molecule has 0 aliphatic rings. The van der Waals surface area contributed by atoms with Crippen molar-refractivity contribution in [3.8, 4) is 0 Å². The van der Waals surface area contributed by atoms with Gasteiger partial charge in [0, 0.05) is 18.1 Å². The van der Waals surface area contributed by atoms with Crippen molar-refractivity contribution in [2.75, 3.05) is 13.6 Å². The number of aliphatic hydroxyl groups is 1. The molecule has 1 unspecified atom stereocenters. The zero-order valence-corrected chi connectivity index (χ0v) is 9.33. The Hall–Kier alpha value is -0.570. The Balaban J connectivity index is 2.56. The SMILES string of the molecule is CC(O)CN(C)Cc1ccccc1Cl. The van der Waals surface area contributed by atoms with Crippen molar-refractivity contribution >= 4 is 11.6 Å². The van der Waals surface area contributed by atoms with Crippen LogP contribution in [0, 0.1) is 0 Å². The highest BCUT2D eigenvalue weighted by Crippen LogP contribution is 2.16. The molecule has 0 heterocycles. The van der Waals surface area contributed by atoms with E-state index in [-0.39, 0.29) is 6.10 Å². The molecule has 1 aromatic carbocycles. The molecule has 2 nitrogen and oxygen atoms in total. The Morgan fingerprint density at radius 1 is 1.43 bits per heavy atom. The van der Waals surface area contributed by atoms with E-state index >= 15 is 0 Å². The predicted octanol–water partition coefficient (Wildman–Crippen LogP) is 2.15. The fraction of sp³-hybridized carbons (Fsp3) is 0.455. The van der Waals surface area contributed by atoms with E-state index in [2.05, 4.69) is 0 Å². The van der Waals surface area contributed by atoms with Crippen LogP contribution in [0.2, 0.25) is 5.02 Å². The van der Waals surface area contributed by atoms with Gasteiger partial charge in [0.25, 0.3) is 0 Å². The third-order valence-electron chi connectivity index (χ3n) is 1.97. The average Bonchev–Trinajstić information content (AvgIpc) is 2.07. The molecule has 1 atom stereocenters. The van der Waals surface area contributed by atoms with Crippen molar-refractivity contribution < 1.29 is 5.11 Å². The van der Waals surface area contributed by atoms with Crippen molar-refractivity contribution in [2.24, 2.45) is 0 Å². The lowest BCUT2D eigenvalue weighted by Gasteiger charge is -2.18. The van der Waals surface area contributed by atoms with Gasteiger partial charge in [-0.3, -0.25) is 4.90 Å². The molecule has 0 fully saturated rings. The minimum Gasteiger partial charge on any atom is -0.392 e. The van der Waals surface area contributed by atoms with Crippen molar-refractivity contribution in [2.45, 2.75) is 19.6 Å². The van der Waals surface area contributed by atoms with E-state index in [9.17, 15) is 5.11 Å². The maximum atomic E-state index is 9.20. The van der Waals surface area contributed by atoms with Crippen LogP contribution in [0.25, 0.3) is 0 Å². The lowest BCUT2D eigenvalue weighted by Crippen LogP contribution is -2.26. The van der Waals surface area contributed by atoms with Gasteiger partial charge >= 0.3 is 0 Å². The molecule has 0 aromatic heterocycles. The number of hydrogen-bond donors (Lipinski definition) is 1. The molecule has 1 aromatic rings. The maximum Gasteiger partial charge on any atom is 0.0639 e. The molecule has 0 saturated heterocycles. The second kappa shape index (κ2) is 5.35. The van der Waals surface area contributed by atoms with Crippen molar-refractivity contribution in [1.29, 1.82) is 0 Å². The molecule has 0 spiro atoms. The molecule has 1 rings (SSSR count). The van der Waals surface area contributed by atoms with Crippen LogP contribution in [-0.2, 0) is 6.54 Å². The van der Waals surface area contributed by atoms with Gasteiger partial charge in [-0.05, 0) is 25.6 Å². The summed E-state index contributed by atoms with van der Waals surface area (Å²) >= 11 is 6.02. The fourth-order valence-corrected chi connectivity index (χ4v) is 1.63. The van der Waals surface area contributed by atoms with Crippen LogP contribution in [0.4, 0.5) is 0 Å². The summed E-state index contributed by atoms with van der Waals surface area (Å²) in [5, 5.41) is 9.98. The molecule has 0 amide bonds. The van der Waals surface area contributed by atoms with Gasteiger partial charge in [0.05, 0.1) is 6.10 Å². The lowest BCUT2D eigenvalue weighted by molar-refractivity contribution is 0.138. The van der Waals surface area contributed by atoms with Crippen LogP contribution in [-0.4, -0.2) is 29.7 Å². The first-order valence-corrected chi connectivity index (χ1v) is 5.07. The van der Waals surface area contributed by atoms with Crippen LogP contribution in [0.15, 0.2) is 24.3 Å². The summed E-state index contributed by atoms with van der Waals surface area (Å²) in [6.07, 6.45) is -0.303. The molecule has 0 radical (unpaired) electrons. The van der Waals surface area contributed by atoms with Crippen LogP contribution >= 0.6 is 11.6 Å². The average molecular weight is 214 g/mol. The first-order valence-electron chi connectivity index (χ1n) is 4.69. The highest BCUT2D eigenvalue weighted by Gasteiger charge is 2.05. The third-order valence-corrected chi connectivity index (χ3v) is 2.34. The summed E-state index contributed by atoms with van der Waals surface area (Å²) < 4.78 is 0. The van der Waals surface area contributed by atoms with E-state index in [0.29, 0.717) is 6.54 Å². The quantitative estimate of drug-likeness (QED) is 0.829. The number of aliphatic hydroxyl groups excluding tert-OH is 1. The Morgan fingerprint density at radius 3 is 2.64 bits per heavy atom. The second-order valence-electron chi connectivity index (χ2n) is 3.64. The van der Waals surface area contributed by atoms with Gasteiger partial charge in [0.15, 0.2) is 0 Å². The third kappa shape index (κ3) is 3.66. The van der Waals surface area contributed by atoms with Gasteiger partial charge < -0.3 is 5.11 Å². The van der Waals surface area contributed by atoms with Crippen LogP contribution in [0.3, 0.4) is 0 Å². The summed E-state index contributed by atoms with van der Waals surface area (Å²) in [5.74, 6) is 0. The Kier molecular flexibility index (Phi) is 4.39. The Labute approximate surface area is 90.1 Å². The van der Waals surface area contributed by atoms with E-state index in [0.717, 1.165) is 17.1 Å². The number of nitrogens with zero attached hydrogens (tertiary/aromatic N) is 1. The molecule has 14 heavy (non-hydrogen) atoms. The fourth-order valence-electron chi connectivity index (χ4n) is 1.43. The molecule has 0 aliphatic heterocycles. The van der Waals surface area contributed by atoms with Crippen LogP contribution in [0.5, 0.6) is 0 Å². The number of rotatable bonds is 4. The first-order chi connectivity index (χ1) is 6.59. The number of halogens is 1. The van der Waals surface area contributed by atoms with Gasteiger partial charge in [0.2, 0.25) is 0 Å². The van der Waals surface area contributed by atoms with E-state index in [1.165, 1.54) is 0 Å². The lowest BCUT2D eigenvalue weighted by atomic mass is 10.2. The van der Waals surface area contributed by atoms with Gasteiger partial charge in [-0.25, -0.2) is 0 Å².